The number of Topliss-reactive ketones (excluding diaryl/α,β-unsaturated/α-hetero) is 1. The Morgan fingerprint density at radius 3 is 2.74 bits per heavy atom. The molecule has 0 fully saturated rings. The van der Waals surface area contributed by atoms with Gasteiger partial charge in [0.2, 0.25) is 6.54 Å². The molecular weight excluding hydrogens is 364 g/mol. The van der Waals surface area contributed by atoms with E-state index < -0.39 is 5.97 Å². The Kier molecular flexibility index (Phi) is 6.01. The number of anilines is 1. The smallest absolute Gasteiger partial charge is 0.341 e. The van der Waals surface area contributed by atoms with Crippen LogP contribution in [-0.2, 0) is 28.9 Å². The predicted molar refractivity (Wildman–Crippen MR) is 102 cm³/mol. The van der Waals surface area contributed by atoms with E-state index >= 15 is 0 Å². The lowest BCUT2D eigenvalue weighted by Crippen LogP contribution is -2.40. The number of aryl methyl sites for hydroxylation is 1. The van der Waals surface area contributed by atoms with Crippen molar-refractivity contribution in [2.45, 2.75) is 45.6 Å². The van der Waals surface area contributed by atoms with Crippen molar-refractivity contribution in [3.05, 3.63) is 46.1 Å². The van der Waals surface area contributed by atoms with Gasteiger partial charge in [-0.25, -0.2) is 4.79 Å². The van der Waals surface area contributed by atoms with Crippen LogP contribution in [0.1, 0.15) is 57.3 Å². The highest BCUT2D eigenvalue weighted by molar-refractivity contribution is 7.17. The molecule has 3 rings (SSSR count). The summed E-state index contributed by atoms with van der Waals surface area (Å²) in [5, 5.41) is 3.43. The van der Waals surface area contributed by atoms with Crippen LogP contribution in [0.4, 0.5) is 5.00 Å². The van der Waals surface area contributed by atoms with Crippen LogP contribution in [0.25, 0.3) is 0 Å². The van der Waals surface area contributed by atoms with Crippen LogP contribution in [-0.4, -0.2) is 24.8 Å². The molecule has 7 heteroatoms. The van der Waals surface area contributed by atoms with Crippen molar-refractivity contribution in [1.29, 1.82) is 0 Å². The van der Waals surface area contributed by atoms with E-state index in [2.05, 4.69) is 5.32 Å². The number of aromatic nitrogens is 1. The standard InChI is InChI=1S/C20H22N2O4S/c1-13(23)14-7-6-10-22(11-14)12-17(24)21-19-18(20(25)26-2)15-8-4-3-5-9-16(15)27-19/h6-7,10-11H,3-5,8-9,12H2,1-2H3/p+1. The van der Waals surface area contributed by atoms with Crippen molar-refractivity contribution in [2.75, 3.05) is 12.4 Å². The number of pyridine rings is 1. The van der Waals surface area contributed by atoms with Crippen LogP contribution in [0.5, 0.6) is 0 Å². The van der Waals surface area contributed by atoms with Gasteiger partial charge >= 0.3 is 5.97 Å². The van der Waals surface area contributed by atoms with Crippen LogP contribution in [0.15, 0.2) is 24.5 Å². The topological polar surface area (TPSA) is 76.3 Å². The predicted octanol–water partition coefficient (Wildman–Crippen LogP) is 2.93. The number of ether oxygens (including phenoxy) is 1. The molecule has 2 heterocycles. The molecule has 0 unspecified atom stereocenters. The first-order valence-corrected chi connectivity index (χ1v) is 9.84. The largest absolute Gasteiger partial charge is 0.465 e. The average molecular weight is 387 g/mol. The average Bonchev–Trinajstić information content (AvgIpc) is 2.82. The summed E-state index contributed by atoms with van der Waals surface area (Å²) in [6.45, 7) is 1.55. The molecule has 0 aromatic carbocycles. The number of amides is 1. The number of hydrogen-bond acceptors (Lipinski definition) is 5. The summed E-state index contributed by atoms with van der Waals surface area (Å²) in [5.41, 5.74) is 2.06. The van der Waals surface area contributed by atoms with Crippen LogP contribution >= 0.6 is 11.3 Å². The first kappa shape index (κ1) is 19.2. The Labute approximate surface area is 162 Å². The first-order chi connectivity index (χ1) is 13.0. The van der Waals surface area contributed by atoms with E-state index in [0.29, 0.717) is 16.1 Å². The molecule has 2 aromatic rings. The number of carbonyl (C=O) groups excluding carboxylic acids is 3. The summed E-state index contributed by atoms with van der Waals surface area (Å²) in [7, 11) is 1.36. The minimum Gasteiger partial charge on any atom is -0.465 e. The van der Waals surface area contributed by atoms with Crippen molar-refractivity contribution in [2.24, 2.45) is 0 Å². The SMILES string of the molecule is COC(=O)c1c(NC(=O)C[n+]2cccc(C(C)=O)c2)sc2c1CCCCC2. The van der Waals surface area contributed by atoms with E-state index in [1.54, 1.807) is 29.1 Å². The number of carbonyl (C=O) groups is 3. The lowest BCUT2D eigenvalue weighted by molar-refractivity contribution is -0.684. The fourth-order valence-corrected chi connectivity index (χ4v) is 4.60. The minimum absolute atomic E-state index is 0.0558. The quantitative estimate of drug-likeness (QED) is 0.370. The van der Waals surface area contributed by atoms with Crippen molar-refractivity contribution in [3.63, 3.8) is 0 Å². The van der Waals surface area contributed by atoms with Gasteiger partial charge in [-0.3, -0.25) is 9.59 Å². The monoisotopic (exact) mass is 387 g/mol. The van der Waals surface area contributed by atoms with E-state index in [9.17, 15) is 14.4 Å². The molecule has 1 aliphatic carbocycles. The molecule has 0 bridgehead atoms. The highest BCUT2D eigenvalue weighted by Gasteiger charge is 2.26. The van der Waals surface area contributed by atoms with Gasteiger partial charge in [0.1, 0.15) is 5.00 Å². The summed E-state index contributed by atoms with van der Waals surface area (Å²) in [6, 6.07) is 3.44. The van der Waals surface area contributed by atoms with E-state index in [1.165, 1.54) is 25.4 Å². The second-order valence-corrected chi connectivity index (χ2v) is 7.73. The highest BCUT2D eigenvalue weighted by atomic mass is 32.1. The van der Waals surface area contributed by atoms with Gasteiger partial charge in [0, 0.05) is 10.9 Å². The Morgan fingerprint density at radius 2 is 2.00 bits per heavy atom. The molecule has 1 amide bonds. The first-order valence-electron chi connectivity index (χ1n) is 9.02. The maximum atomic E-state index is 12.5. The third-order valence-corrected chi connectivity index (χ3v) is 5.86. The van der Waals surface area contributed by atoms with Crippen molar-refractivity contribution < 1.29 is 23.7 Å². The van der Waals surface area contributed by atoms with Crippen LogP contribution in [0, 0.1) is 0 Å². The van der Waals surface area contributed by atoms with Crippen LogP contribution in [0.2, 0.25) is 0 Å². The van der Waals surface area contributed by atoms with Gasteiger partial charge in [0.15, 0.2) is 18.2 Å². The minimum atomic E-state index is -0.407. The third-order valence-electron chi connectivity index (χ3n) is 4.65. The molecule has 27 heavy (non-hydrogen) atoms. The lowest BCUT2D eigenvalue weighted by atomic mass is 10.1. The molecule has 0 saturated carbocycles. The molecular formula is C20H23N2O4S+. The molecule has 0 spiro atoms. The molecule has 1 N–H and O–H groups in total. The molecule has 0 aliphatic heterocycles. The molecule has 6 nitrogen and oxygen atoms in total. The molecule has 142 valence electrons. The Bertz CT molecular complexity index is 888. The van der Waals surface area contributed by atoms with Gasteiger partial charge in [-0.2, -0.15) is 4.57 Å². The van der Waals surface area contributed by atoms with E-state index in [0.717, 1.165) is 42.5 Å². The molecule has 0 saturated heterocycles. The van der Waals surface area contributed by atoms with Gasteiger partial charge in [0.25, 0.3) is 5.91 Å². The Morgan fingerprint density at radius 1 is 1.22 bits per heavy atom. The van der Waals surface area contributed by atoms with Crippen LogP contribution < -0.4 is 9.88 Å². The van der Waals surface area contributed by atoms with Crippen LogP contribution in [0.3, 0.4) is 0 Å². The fraction of sp³-hybridized carbons (Fsp3) is 0.400. The maximum Gasteiger partial charge on any atom is 0.341 e. The Hall–Kier alpha value is -2.54. The number of ketones is 1. The third kappa shape index (κ3) is 4.42. The van der Waals surface area contributed by atoms with Gasteiger partial charge in [-0.05, 0) is 44.2 Å². The lowest BCUT2D eigenvalue weighted by Gasteiger charge is -2.06. The summed E-state index contributed by atoms with van der Waals surface area (Å²) in [4.78, 5) is 37.5. The second kappa shape index (κ2) is 8.43. The van der Waals surface area contributed by atoms with Gasteiger partial charge in [0.05, 0.1) is 18.2 Å². The van der Waals surface area contributed by atoms with E-state index in [1.807, 2.05) is 0 Å². The molecule has 0 atom stereocenters. The Balaban J connectivity index is 1.82. The fourth-order valence-electron chi connectivity index (χ4n) is 3.31. The number of hydrogen-bond donors (Lipinski definition) is 1. The van der Waals surface area contributed by atoms with E-state index in [4.69, 9.17) is 4.74 Å². The number of esters is 1. The highest BCUT2D eigenvalue weighted by Crippen LogP contribution is 2.37. The van der Waals surface area contributed by atoms with Gasteiger partial charge in [-0.15, -0.1) is 11.3 Å². The zero-order valence-corrected chi connectivity index (χ0v) is 16.4. The summed E-state index contributed by atoms with van der Waals surface area (Å²) in [5.74, 6) is -0.710. The van der Waals surface area contributed by atoms with Crippen molar-refractivity contribution in [3.8, 4) is 0 Å². The van der Waals surface area contributed by atoms with E-state index in [-0.39, 0.29) is 18.2 Å². The summed E-state index contributed by atoms with van der Waals surface area (Å²) in [6.07, 6.45) is 8.41. The van der Waals surface area contributed by atoms with Gasteiger partial charge < -0.3 is 10.1 Å². The number of nitrogens with zero attached hydrogens (tertiary/aromatic N) is 1. The number of rotatable bonds is 5. The number of fused-ring (bicyclic) bond motifs is 1. The summed E-state index contributed by atoms with van der Waals surface area (Å²) >= 11 is 1.47. The molecule has 0 radical (unpaired) electrons. The molecule has 2 aromatic heterocycles. The van der Waals surface area contributed by atoms with Gasteiger partial charge in [-0.1, -0.05) is 6.42 Å². The number of thiophene rings is 1. The second-order valence-electron chi connectivity index (χ2n) is 6.63. The number of nitrogens with one attached hydrogen (secondary N) is 1. The number of methoxy groups -OCH3 is 1. The molecule has 1 aliphatic rings. The zero-order valence-electron chi connectivity index (χ0n) is 15.5. The van der Waals surface area contributed by atoms with Crippen molar-refractivity contribution in [1.82, 2.24) is 0 Å². The van der Waals surface area contributed by atoms with Crippen molar-refractivity contribution >= 4 is 34.0 Å². The summed E-state index contributed by atoms with van der Waals surface area (Å²) < 4.78 is 6.61. The maximum absolute atomic E-state index is 12.5. The zero-order chi connectivity index (χ0) is 19.4. The normalized spacial score (nSPS) is 13.4.